The maximum atomic E-state index is 7.29. The molecule has 1 aromatic carbocycles. The van der Waals surface area contributed by atoms with Crippen molar-refractivity contribution in [3.8, 4) is 11.8 Å². The van der Waals surface area contributed by atoms with Crippen LogP contribution < -0.4 is 10.5 Å². The van der Waals surface area contributed by atoms with Gasteiger partial charge < -0.3 is 10.5 Å². The fourth-order valence-corrected chi connectivity index (χ4v) is 1.60. The zero-order valence-corrected chi connectivity index (χ0v) is 10.4. The molecule has 1 heterocycles. The number of nitrogens with two attached hydrogens (primary N) is 1. The van der Waals surface area contributed by atoms with Gasteiger partial charge in [0.05, 0.1) is 5.02 Å². The van der Waals surface area contributed by atoms with E-state index in [0.29, 0.717) is 16.5 Å². The first-order valence-electron chi connectivity index (χ1n) is 5.17. The van der Waals surface area contributed by atoms with Gasteiger partial charge in [0.2, 0.25) is 0 Å². The van der Waals surface area contributed by atoms with Gasteiger partial charge >= 0.3 is 6.01 Å². The summed E-state index contributed by atoms with van der Waals surface area (Å²) in [5.74, 6) is 0.320. The van der Waals surface area contributed by atoms with Crippen LogP contribution in [0.5, 0.6) is 11.8 Å². The number of nitrogens with one attached hydrogen (secondary N) is 1. The summed E-state index contributed by atoms with van der Waals surface area (Å²) in [7, 11) is 0. The van der Waals surface area contributed by atoms with Crippen molar-refractivity contribution in [3.63, 3.8) is 0 Å². The van der Waals surface area contributed by atoms with E-state index < -0.39 is 0 Å². The van der Waals surface area contributed by atoms with E-state index in [9.17, 15) is 0 Å². The van der Waals surface area contributed by atoms with Crippen LogP contribution in [0.1, 0.15) is 11.3 Å². The molecule has 6 heteroatoms. The molecule has 0 radical (unpaired) electrons. The second-order valence-electron chi connectivity index (χ2n) is 3.67. The van der Waals surface area contributed by atoms with Crippen molar-refractivity contribution < 1.29 is 4.74 Å². The zero-order valence-electron chi connectivity index (χ0n) is 9.64. The molecule has 0 atom stereocenters. The molecule has 92 valence electrons. The number of ether oxygens (including phenoxy) is 1. The summed E-state index contributed by atoms with van der Waals surface area (Å²) in [5, 5.41) is 7.77. The Labute approximate surface area is 109 Å². The molecule has 0 amide bonds. The predicted octanol–water partition coefficient (Wildman–Crippen LogP) is 2.51. The molecule has 0 unspecified atom stereocenters. The van der Waals surface area contributed by atoms with E-state index in [2.05, 4.69) is 9.97 Å². The smallest absolute Gasteiger partial charge is 0.322 e. The molecule has 5 nitrogen and oxygen atoms in total. The lowest BCUT2D eigenvalue weighted by Crippen LogP contribution is -2.13. The van der Waals surface area contributed by atoms with E-state index in [1.807, 2.05) is 13.0 Å². The highest BCUT2D eigenvalue weighted by molar-refractivity contribution is 6.32. The van der Waals surface area contributed by atoms with Crippen molar-refractivity contribution in [2.45, 2.75) is 6.92 Å². The number of amidine groups is 1. The summed E-state index contributed by atoms with van der Waals surface area (Å²) in [6, 6.07) is 7.03. The van der Waals surface area contributed by atoms with Crippen LogP contribution >= 0.6 is 11.6 Å². The second kappa shape index (κ2) is 5.01. The summed E-state index contributed by atoms with van der Waals surface area (Å²) in [6.07, 6.45) is 1.47. The molecule has 2 rings (SSSR count). The van der Waals surface area contributed by atoms with Gasteiger partial charge in [0.15, 0.2) is 0 Å². The number of hydrogen-bond acceptors (Lipinski definition) is 4. The third-order valence-electron chi connectivity index (χ3n) is 2.20. The van der Waals surface area contributed by atoms with E-state index in [-0.39, 0.29) is 11.8 Å². The van der Waals surface area contributed by atoms with Gasteiger partial charge in [0, 0.05) is 6.20 Å². The first kappa shape index (κ1) is 12.3. The van der Waals surface area contributed by atoms with Crippen LogP contribution in [0.25, 0.3) is 0 Å². The average molecular weight is 263 g/mol. The van der Waals surface area contributed by atoms with Gasteiger partial charge in [-0.2, -0.15) is 4.98 Å². The topological polar surface area (TPSA) is 84.9 Å². The quantitative estimate of drug-likeness (QED) is 0.657. The number of hydrogen-bond donors (Lipinski definition) is 2. The minimum absolute atomic E-state index is 0.105. The fraction of sp³-hybridized carbons (Fsp3) is 0.0833. The Kier molecular flexibility index (Phi) is 3.43. The Bertz CT molecular complexity index is 600. The summed E-state index contributed by atoms with van der Waals surface area (Å²) >= 11 is 6.03. The summed E-state index contributed by atoms with van der Waals surface area (Å²) in [6.45, 7) is 1.93. The number of rotatable bonds is 3. The van der Waals surface area contributed by atoms with Gasteiger partial charge in [-0.05, 0) is 30.7 Å². The molecule has 1 aromatic heterocycles. The molecule has 0 saturated carbocycles. The summed E-state index contributed by atoms with van der Waals surface area (Å²) in [5.41, 5.74) is 6.68. The SMILES string of the molecule is Cc1ccc(Oc2nccc(C(=N)N)n2)c(Cl)c1. The van der Waals surface area contributed by atoms with E-state index in [0.717, 1.165) is 5.56 Å². The molecule has 3 N–H and O–H groups in total. The lowest BCUT2D eigenvalue weighted by atomic mass is 10.2. The van der Waals surface area contributed by atoms with Gasteiger partial charge in [-0.1, -0.05) is 17.7 Å². The largest absolute Gasteiger partial charge is 0.423 e. The summed E-state index contributed by atoms with van der Waals surface area (Å²) in [4.78, 5) is 7.93. The molecule has 0 fully saturated rings. The molecule has 2 aromatic rings. The standard InChI is InChI=1S/C12H11ClN4O/c1-7-2-3-10(8(13)6-7)18-12-16-5-4-9(17-12)11(14)15/h2-6H,1H3,(H3,14,15). The molecule has 0 spiro atoms. The normalized spacial score (nSPS) is 10.1. The number of benzene rings is 1. The van der Waals surface area contributed by atoms with Crippen molar-refractivity contribution in [2.75, 3.05) is 0 Å². The van der Waals surface area contributed by atoms with Crippen molar-refractivity contribution in [3.05, 3.63) is 46.7 Å². The van der Waals surface area contributed by atoms with Crippen LogP contribution in [0.2, 0.25) is 5.02 Å². The highest BCUT2D eigenvalue weighted by Crippen LogP contribution is 2.28. The van der Waals surface area contributed by atoms with Gasteiger partial charge in [0.25, 0.3) is 0 Å². The van der Waals surface area contributed by atoms with E-state index in [4.69, 9.17) is 27.5 Å². The van der Waals surface area contributed by atoms with Gasteiger partial charge in [-0.25, -0.2) is 4.98 Å². The fourth-order valence-electron chi connectivity index (χ4n) is 1.33. The number of nitrogens with zero attached hydrogens (tertiary/aromatic N) is 2. The van der Waals surface area contributed by atoms with Crippen LogP contribution in [0.15, 0.2) is 30.5 Å². The molecular weight excluding hydrogens is 252 g/mol. The van der Waals surface area contributed by atoms with Crippen molar-refractivity contribution in [1.82, 2.24) is 9.97 Å². The van der Waals surface area contributed by atoms with Gasteiger partial charge in [-0.15, -0.1) is 0 Å². The molecule has 0 bridgehead atoms. The van der Waals surface area contributed by atoms with Crippen LogP contribution in [0.4, 0.5) is 0 Å². The Morgan fingerprint density at radius 3 is 2.83 bits per heavy atom. The number of aryl methyl sites for hydroxylation is 1. The van der Waals surface area contributed by atoms with Crippen LogP contribution in [0.3, 0.4) is 0 Å². The first-order valence-corrected chi connectivity index (χ1v) is 5.55. The lowest BCUT2D eigenvalue weighted by molar-refractivity contribution is 0.441. The number of aromatic nitrogens is 2. The van der Waals surface area contributed by atoms with Gasteiger partial charge in [-0.3, -0.25) is 5.41 Å². The lowest BCUT2D eigenvalue weighted by Gasteiger charge is -2.07. The molecular formula is C12H11ClN4O. The maximum Gasteiger partial charge on any atom is 0.322 e. The third kappa shape index (κ3) is 2.75. The van der Waals surface area contributed by atoms with Crippen LogP contribution in [0, 0.1) is 12.3 Å². The second-order valence-corrected chi connectivity index (χ2v) is 4.08. The Morgan fingerprint density at radius 2 is 2.17 bits per heavy atom. The van der Waals surface area contributed by atoms with E-state index >= 15 is 0 Å². The van der Waals surface area contributed by atoms with Gasteiger partial charge in [0.1, 0.15) is 17.3 Å². The molecule has 18 heavy (non-hydrogen) atoms. The Balaban J connectivity index is 2.28. The number of nitrogen functional groups attached to an aromatic ring is 1. The average Bonchev–Trinajstić information content (AvgIpc) is 2.33. The first-order chi connectivity index (χ1) is 8.56. The zero-order chi connectivity index (χ0) is 13.1. The molecule has 0 aliphatic carbocycles. The van der Waals surface area contributed by atoms with Crippen LogP contribution in [-0.4, -0.2) is 15.8 Å². The molecule has 0 aliphatic rings. The Morgan fingerprint density at radius 1 is 1.39 bits per heavy atom. The summed E-state index contributed by atoms with van der Waals surface area (Å²) < 4.78 is 5.45. The van der Waals surface area contributed by atoms with Crippen LogP contribution in [-0.2, 0) is 0 Å². The minimum Gasteiger partial charge on any atom is -0.423 e. The number of halogens is 1. The highest BCUT2D eigenvalue weighted by Gasteiger charge is 2.07. The molecule has 0 aliphatic heterocycles. The van der Waals surface area contributed by atoms with E-state index in [1.54, 1.807) is 12.1 Å². The predicted molar refractivity (Wildman–Crippen MR) is 69.3 cm³/mol. The monoisotopic (exact) mass is 262 g/mol. The Hall–Kier alpha value is -2.14. The van der Waals surface area contributed by atoms with Crippen molar-refractivity contribution >= 4 is 17.4 Å². The van der Waals surface area contributed by atoms with Crippen molar-refractivity contribution in [2.24, 2.45) is 5.73 Å². The highest BCUT2D eigenvalue weighted by atomic mass is 35.5. The van der Waals surface area contributed by atoms with Crippen molar-refractivity contribution in [1.29, 1.82) is 5.41 Å². The third-order valence-corrected chi connectivity index (χ3v) is 2.49. The maximum absolute atomic E-state index is 7.29. The molecule has 0 saturated heterocycles. The minimum atomic E-state index is -0.141. The van der Waals surface area contributed by atoms with E-state index in [1.165, 1.54) is 12.3 Å².